The molecular formula is C13H11N3O2. The van der Waals surface area contributed by atoms with Gasteiger partial charge in [0.25, 0.3) is 5.70 Å². The van der Waals surface area contributed by atoms with Crippen molar-refractivity contribution in [2.24, 2.45) is 4.99 Å². The van der Waals surface area contributed by atoms with E-state index in [4.69, 9.17) is 0 Å². The summed E-state index contributed by atoms with van der Waals surface area (Å²) in [6, 6.07) is 10.0. The summed E-state index contributed by atoms with van der Waals surface area (Å²) >= 11 is 0. The molecule has 90 valence electrons. The highest BCUT2D eigenvalue weighted by Gasteiger charge is 2.27. The maximum Gasteiger partial charge on any atom is 0.285 e. The van der Waals surface area contributed by atoms with Gasteiger partial charge >= 0.3 is 0 Å². The van der Waals surface area contributed by atoms with E-state index in [0.717, 1.165) is 11.4 Å². The van der Waals surface area contributed by atoms with Crippen LogP contribution in [-0.4, -0.2) is 22.2 Å². The van der Waals surface area contributed by atoms with E-state index in [0.29, 0.717) is 6.54 Å². The van der Waals surface area contributed by atoms with Crippen molar-refractivity contribution in [3.05, 3.63) is 70.1 Å². The quantitative estimate of drug-likeness (QED) is 0.588. The second-order valence-electron chi connectivity index (χ2n) is 4.21. The van der Waals surface area contributed by atoms with Gasteiger partial charge in [0.1, 0.15) is 5.84 Å². The Balaban J connectivity index is 1.86. The van der Waals surface area contributed by atoms with E-state index in [1.807, 2.05) is 35.2 Å². The molecule has 0 N–H and O–H groups in total. The van der Waals surface area contributed by atoms with Crippen molar-refractivity contribution in [3.8, 4) is 0 Å². The van der Waals surface area contributed by atoms with E-state index in [-0.39, 0.29) is 16.7 Å². The van der Waals surface area contributed by atoms with Gasteiger partial charge in [0.2, 0.25) is 0 Å². The lowest BCUT2D eigenvalue weighted by Crippen LogP contribution is -2.24. The Kier molecular flexibility index (Phi) is 2.44. The summed E-state index contributed by atoms with van der Waals surface area (Å²) < 4.78 is 0. The van der Waals surface area contributed by atoms with Gasteiger partial charge in [-0.1, -0.05) is 30.3 Å². The van der Waals surface area contributed by atoms with Gasteiger partial charge in [-0.25, -0.2) is 0 Å². The Labute approximate surface area is 104 Å². The summed E-state index contributed by atoms with van der Waals surface area (Å²) in [5.41, 5.74) is 1.23. The molecule has 1 aromatic rings. The van der Waals surface area contributed by atoms with Crippen LogP contribution >= 0.6 is 0 Å². The number of rotatable bonds is 2. The summed E-state index contributed by atoms with van der Waals surface area (Å²) in [6.45, 7) is 0.654. The minimum atomic E-state index is -0.386. The van der Waals surface area contributed by atoms with Crippen molar-refractivity contribution < 1.29 is 4.92 Å². The molecule has 1 aromatic carbocycles. The third kappa shape index (κ3) is 1.79. The topological polar surface area (TPSA) is 58.7 Å². The predicted octanol–water partition coefficient (Wildman–Crippen LogP) is 2.13. The number of amidine groups is 1. The number of nitro groups is 1. The van der Waals surface area contributed by atoms with E-state index < -0.39 is 0 Å². The second kappa shape index (κ2) is 4.10. The van der Waals surface area contributed by atoms with Gasteiger partial charge in [-0.05, 0) is 11.6 Å². The molecule has 2 heterocycles. The predicted molar refractivity (Wildman–Crippen MR) is 67.5 cm³/mol. The van der Waals surface area contributed by atoms with Crippen LogP contribution in [0.3, 0.4) is 0 Å². The molecule has 18 heavy (non-hydrogen) atoms. The zero-order valence-corrected chi connectivity index (χ0v) is 9.56. The lowest BCUT2D eigenvalue weighted by atomic mass is 10.1. The minimum absolute atomic E-state index is 0.0493. The summed E-state index contributed by atoms with van der Waals surface area (Å²) in [4.78, 5) is 16.7. The number of hydrogen-bond acceptors (Lipinski definition) is 4. The zero-order valence-electron chi connectivity index (χ0n) is 9.56. The van der Waals surface area contributed by atoms with Crippen molar-refractivity contribution in [2.75, 3.05) is 6.54 Å². The van der Waals surface area contributed by atoms with Gasteiger partial charge in [0.15, 0.2) is 0 Å². The SMILES string of the molecule is O=[N+]([O-])C1=CN2C[C@@H](c3ccccc3)N=C2C=C1. The first-order valence-corrected chi connectivity index (χ1v) is 5.68. The Morgan fingerprint density at radius 2 is 2.06 bits per heavy atom. The van der Waals surface area contributed by atoms with Gasteiger partial charge in [-0.3, -0.25) is 15.1 Å². The number of aliphatic imine (C=N–C) groups is 1. The lowest BCUT2D eigenvalue weighted by Gasteiger charge is -2.16. The van der Waals surface area contributed by atoms with E-state index in [1.54, 1.807) is 12.3 Å². The second-order valence-corrected chi connectivity index (χ2v) is 4.21. The molecule has 0 aromatic heterocycles. The molecule has 0 bridgehead atoms. The van der Waals surface area contributed by atoms with Gasteiger partial charge in [-0.2, -0.15) is 0 Å². The molecule has 0 fully saturated rings. The van der Waals surface area contributed by atoms with Crippen molar-refractivity contribution in [1.82, 2.24) is 4.90 Å². The summed E-state index contributed by atoms with van der Waals surface area (Å²) in [5.74, 6) is 0.787. The molecule has 0 amide bonds. The molecule has 0 radical (unpaired) electrons. The van der Waals surface area contributed by atoms with Crippen LogP contribution < -0.4 is 0 Å². The lowest BCUT2D eigenvalue weighted by molar-refractivity contribution is -0.420. The zero-order chi connectivity index (χ0) is 12.5. The van der Waals surface area contributed by atoms with Crippen molar-refractivity contribution in [3.63, 3.8) is 0 Å². The first-order chi connectivity index (χ1) is 8.74. The molecule has 5 heteroatoms. The van der Waals surface area contributed by atoms with Crippen LogP contribution in [-0.2, 0) is 0 Å². The van der Waals surface area contributed by atoms with Crippen LogP contribution in [0.25, 0.3) is 0 Å². The summed E-state index contributed by atoms with van der Waals surface area (Å²) in [6.07, 6.45) is 4.73. The van der Waals surface area contributed by atoms with Gasteiger partial charge < -0.3 is 4.90 Å². The largest absolute Gasteiger partial charge is 0.324 e. The maximum absolute atomic E-state index is 10.7. The molecule has 1 atom stereocenters. The average Bonchev–Trinajstić information content (AvgIpc) is 2.82. The number of nitrogens with zero attached hydrogens (tertiary/aromatic N) is 3. The van der Waals surface area contributed by atoms with Gasteiger partial charge in [-0.15, -0.1) is 0 Å². The van der Waals surface area contributed by atoms with E-state index in [9.17, 15) is 10.1 Å². The van der Waals surface area contributed by atoms with E-state index in [1.165, 1.54) is 6.08 Å². The van der Waals surface area contributed by atoms with Crippen molar-refractivity contribution >= 4 is 5.84 Å². The van der Waals surface area contributed by atoms with Crippen LogP contribution in [0.2, 0.25) is 0 Å². The highest BCUT2D eigenvalue weighted by molar-refractivity contribution is 5.96. The van der Waals surface area contributed by atoms with Gasteiger partial charge in [0, 0.05) is 6.08 Å². The fourth-order valence-corrected chi connectivity index (χ4v) is 2.14. The molecule has 0 saturated heterocycles. The molecule has 0 unspecified atom stereocenters. The smallest absolute Gasteiger partial charge is 0.285 e. The van der Waals surface area contributed by atoms with Gasteiger partial charge in [0.05, 0.1) is 23.7 Å². The molecule has 0 aliphatic carbocycles. The third-order valence-electron chi connectivity index (χ3n) is 3.04. The molecule has 3 rings (SSSR count). The summed E-state index contributed by atoms with van der Waals surface area (Å²) in [7, 11) is 0. The summed E-state index contributed by atoms with van der Waals surface area (Å²) in [5, 5.41) is 10.7. The molecule has 2 aliphatic rings. The standard InChI is InChI=1S/C13H11N3O2/c17-16(18)11-6-7-13-14-12(9-15(13)8-11)10-4-2-1-3-5-10/h1-8,12H,9H2/t12-/m0/s1. The van der Waals surface area contributed by atoms with Crippen LogP contribution in [0.4, 0.5) is 0 Å². The normalized spacial score (nSPS) is 21.3. The van der Waals surface area contributed by atoms with Crippen LogP contribution in [0.1, 0.15) is 11.6 Å². The Hall–Kier alpha value is -2.43. The monoisotopic (exact) mass is 241 g/mol. The molecular weight excluding hydrogens is 230 g/mol. The number of benzene rings is 1. The Bertz CT molecular complexity index is 575. The van der Waals surface area contributed by atoms with Crippen LogP contribution in [0, 0.1) is 10.1 Å². The molecule has 2 aliphatic heterocycles. The first kappa shape index (κ1) is 10.7. The number of fused-ring (bicyclic) bond motifs is 1. The number of hydrogen-bond donors (Lipinski definition) is 0. The fraction of sp³-hybridized carbons (Fsp3) is 0.154. The number of allylic oxidation sites excluding steroid dienone is 1. The maximum atomic E-state index is 10.7. The fourth-order valence-electron chi connectivity index (χ4n) is 2.14. The molecule has 0 saturated carbocycles. The Morgan fingerprint density at radius 3 is 2.78 bits per heavy atom. The van der Waals surface area contributed by atoms with Crippen LogP contribution in [0.15, 0.2) is 59.4 Å². The van der Waals surface area contributed by atoms with E-state index in [2.05, 4.69) is 4.99 Å². The van der Waals surface area contributed by atoms with Crippen LogP contribution in [0.5, 0.6) is 0 Å². The highest BCUT2D eigenvalue weighted by Crippen LogP contribution is 2.27. The van der Waals surface area contributed by atoms with Crippen molar-refractivity contribution in [2.45, 2.75) is 6.04 Å². The highest BCUT2D eigenvalue weighted by atomic mass is 16.6. The van der Waals surface area contributed by atoms with E-state index >= 15 is 0 Å². The minimum Gasteiger partial charge on any atom is -0.324 e. The molecule has 5 nitrogen and oxygen atoms in total. The van der Waals surface area contributed by atoms with Crippen molar-refractivity contribution in [1.29, 1.82) is 0 Å². The first-order valence-electron chi connectivity index (χ1n) is 5.68. The Morgan fingerprint density at radius 1 is 1.28 bits per heavy atom. The average molecular weight is 241 g/mol. The third-order valence-corrected chi connectivity index (χ3v) is 3.04. The molecule has 0 spiro atoms.